The molecule has 0 fully saturated rings. The first-order chi connectivity index (χ1) is 7.54. The van der Waals surface area contributed by atoms with Crippen LogP contribution in [0.2, 0.25) is 0 Å². The highest BCUT2D eigenvalue weighted by Gasteiger charge is 2.16. The summed E-state index contributed by atoms with van der Waals surface area (Å²) in [7, 11) is 1.20. The molecule has 86 valence electrons. The number of carbonyl (C=O) groups excluding carboxylic acids is 2. The second-order valence-electron chi connectivity index (χ2n) is 3.51. The highest BCUT2D eigenvalue weighted by atomic mass is 32.2. The molecule has 0 N–H and O–H groups in total. The third kappa shape index (κ3) is 3.38. The van der Waals surface area contributed by atoms with E-state index in [1.807, 2.05) is 12.1 Å². The lowest BCUT2D eigenvalue weighted by molar-refractivity contribution is -0.135. The summed E-state index contributed by atoms with van der Waals surface area (Å²) in [6.45, 7) is 4.19. The number of thioether (sulfide) groups is 1. The Bertz CT molecular complexity index is 382. The van der Waals surface area contributed by atoms with Crippen molar-refractivity contribution in [3.8, 4) is 0 Å². The van der Waals surface area contributed by atoms with Crippen molar-refractivity contribution in [2.45, 2.75) is 24.0 Å². The molecule has 0 bridgehead atoms. The van der Waals surface area contributed by atoms with E-state index in [-0.39, 0.29) is 0 Å². The van der Waals surface area contributed by atoms with Gasteiger partial charge in [-0.05, 0) is 24.3 Å². The van der Waals surface area contributed by atoms with Crippen LogP contribution in [-0.2, 0) is 9.53 Å². The number of esters is 1. The van der Waals surface area contributed by atoms with Gasteiger partial charge in [-0.15, -0.1) is 11.8 Å². The van der Waals surface area contributed by atoms with Gasteiger partial charge < -0.3 is 4.74 Å². The molecule has 1 aromatic rings. The van der Waals surface area contributed by atoms with Gasteiger partial charge >= 0.3 is 5.97 Å². The van der Waals surface area contributed by atoms with Gasteiger partial charge in [0, 0.05) is 15.7 Å². The minimum Gasteiger partial charge on any atom is -0.463 e. The van der Waals surface area contributed by atoms with Crippen molar-refractivity contribution in [3.63, 3.8) is 0 Å². The van der Waals surface area contributed by atoms with Crippen LogP contribution in [0, 0.1) is 0 Å². The van der Waals surface area contributed by atoms with E-state index >= 15 is 0 Å². The number of ketones is 1. The lowest BCUT2D eigenvalue weighted by Gasteiger charge is -2.05. The van der Waals surface area contributed by atoms with E-state index in [0.717, 1.165) is 4.90 Å². The van der Waals surface area contributed by atoms with Crippen molar-refractivity contribution in [2.75, 3.05) is 7.11 Å². The molecule has 0 saturated carbocycles. The maximum atomic E-state index is 11.4. The molecule has 16 heavy (non-hydrogen) atoms. The Hall–Kier alpha value is -1.29. The zero-order chi connectivity index (χ0) is 12.1. The van der Waals surface area contributed by atoms with Crippen LogP contribution in [0.4, 0.5) is 0 Å². The van der Waals surface area contributed by atoms with Gasteiger partial charge in [-0.25, -0.2) is 4.79 Å². The fourth-order valence-corrected chi connectivity index (χ4v) is 2.01. The second-order valence-corrected chi connectivity index (χ2v) is 5.16. The predicted octanol–water partition coefficient (Wildman–Crippen LogP) is 2.54. The first-order valence-corrected chi connectivity index (χ1v) is 5.82. The highest BCUT2D eigenvalue weighted by Crippen LogP contribution is 2.22. The molecular formula is C12H14O3S. The number of benzene rings is 1. The van der Waals surface area contributed by atoms with E-state index in [1.54, 1.807) is 23.9 Å². The average Bonchev–Trinajstić information content (AvgIpc) is 2.27. The molecule has 0 saturated heterocycles. The van der Waals surface area contributed by atoms with Gasteiger partial charge in [0.1, 0.15) is 0 Å². The number of methoxy groups -OCH3 is 1. The van der Waals surface area contributed by atoms with Crippen LogP contribution in [0.15, 0.2) is 29.2 Å². The Morgan fingerprint density at radius 1 is 1.19 bits per heavy atom. The Morgan fingerprint density at radius 3 is 2.19 bits per heavy atom. The molecule has 0 atom stereocenters. The molecule has 4 heteroatoms. The molecular weight excluding hydrogens is 224 g/mol. The summed E-state index contributed by atoms with van der Waals surface area (Å²) in [5.41, 5.74) is 0.361. The molecule has 0 unspecified atom stereocenters. The summed E-state index contributed by atoms with van der Waals surface area (Å²) in [5, 5.41) is 0.488. The van der Waals surface area contributed by atoms with E-state index in [2.05, 4.69) is 18.6 Å². The Morgan fingerprint density at radius 2 is 1.75 bits per heavy atom. The fraction of sp³-hybridized carbons (Fsp3) is 0.333. The van der Waals surface area contributed by atoms with Crippen LogP contribution >= 0.6 is 11.8 Å². The Balaban J connectivity index is 2.78. The van der Waals surface area contributed by atoms with Gasteiger partial charge in [0.25, 0.3) is 5.78 Å². The minimum absolute atomic E-state index is 0.361. The van der Waals surface area contributed by atoms with Gasteiger partial charge in [0.2, 0.25) is 0 Å². The predicted molar refractivity (Wildman–Crippen MR) is 63.8 cm³/mol. The summed E-state index contributed by atoms with van der Waals surface area (Å²) < 4.78 is 4.37. The van der Waals surface area contributed by atoms with Crippen molar-refractivity contribution in [1.82, 2.24) is 0 Å². The van der Waals surface area contributed by atoms with Crippen molar-refractivity contribution in [2.24, 2.45) is 0 Å². The standard InChI is InChI=1S/C12H14O3S/c1-8(2)16-10-6-4-9(5-7-10)11(13)12(14)15-3/h4-8H,1-3H3. The first-order valence-electron chi connectivity index (χ1n) is 4.94. The van der Waals surface area contributed by atoms with Crippen molar-refractivity contribution in [1.29, 1.82) is 0 Å². The zero-order valence-electron chi connectivity index (χ0n) is 9.52. The SMILES string of the molecule is COC(=O)C(=O)c1ccc(SC(C)C)cc1. The van der Waals surface area contributed by atoms with E-state index in [1.165, 1.54) is 7.11 Å². The van der Waals surface area contributed by atoms with E-state index < -0.39 is 11.8 Å². The summed E-state index contributed by atoms with van der Waals surface area (Å²) in [6, 6.07) is 6.95. The number of carbonyl (C=O) groups is 2. The highest BCUT2D eigenvalue weighted by molar-refractivity contribution is 7.99. The molecule has 3 nitrogen and oxygen atoms in total. The fourth-order valence-electron chi connectivity index (χ4n) is 1.17. The van der Waals surface area contributed by atoms with Crippen molar-refractivity contribution in [3.05, 3.63) is 29.8 Å². The molecule has 1 aromatic carbocycles. The molecule has 0 aliphatic carbocycles. The van der Waals surface area contributed by atoms with Gasteiger partial charge in [-0.2, -0.15) is 0 Å². The molecule has 1 rings (SSSR count). The maximum absolute atomic E-state index is 11.4. The normalized spacial score (nSPS) is 10.2. The monoisotopic (exact) mass is 238 g/mol. The molecule has 0 spiro atoms. The quantitative estimate of drug-likeness (QED) is 0.350. The smallest absolute Gasteiger partial charge is 0.379 e. The number of Topliss-reactive ketones (excluding diaryl/α,β-unsaturated/α-hetero) is 1. The van der Waals surface area contributed by atoms with Gasteiger partial charge in [0.05, 0.1) is 7.11 Å². The van der Waals surface area contributed by atoms with Gasteiger partial charge in [0.15, 0.2) is 0 Å². The van der Waals surface area contributed by atoms with Crippen molar-refractivity contribution >= 4 is 23.5 Å². The van der Waals surface area contributed by atoms with E-state index in [9.17, 15) is 9.59 Å². The van der Waals surface area contributed by atoms with Crippen LogP contribution in [0.25, 0.3) is 0 Å². The summed E-state index contributed by atoms with van der Waals surface area (Å²) in [5.74, 6) is -1.44. The lowest BCUT2D eigenvalue weighted by Crippen LogP contribution is -2.15. The van der Waals surface area contributed by atoms with Gasteiger partial charge in [-0.3, -0.25) is 4.79 Å². The molecule has 0 radical (unpaired) electrons. The third-order valence-electron chi connectivity index (χ3n) is 1.86. The zero-order valence-corrected chi connectivity index (χ0v) is 10.3. The average molecular weight is 238 g/mol. The molecule has 0 aliphatic heterocycles. The molecule has 0 amide bonds. The number of hydrogen-bond acceptors (Lipinski definition) is 4. The topological polar surface area (TPSA) is 43.4 Å². The lowest BCUT2D eigenvalue weighted by atomic mass is 10.1. The Kier molecular flexibility index (Phi) is 4.55. The largest absolute Gasteiger partial charge is 0.463 e. The molecule has 0 aromatic heterocycles. The van der Waals surface area contributed by atoms with E-state index in [4.69, 9.17) is 0 Å². The van der Waals surface area contributed by atoms with Crippen LogP contribution in [0.5, 0.6) is 0 Å². The minimum atomic E-state index is -0.829. The van der Waals surface area contributed by atoms with Crippen LogP contribution in [0.3, 0.4) is 0 Å². The van der Waals surface area contributed by atoms with E-state index in [0.29, 0.717) is 10.8 Å². The van der Waals surface area contributed by atoms with Crippen LogP contribution in [0.1, 0.15) is 24.2 Å². The van der Waals surface area contributed by atoms with Crippen molar-refractivity contribution < 1.29 is 14.3 Å². The second kappa shape index (κ2) is 5.70. The molecule has 0 aliphatic rings. The Labute approximate surface area is 99.2 Å². The summed E-state index contributed by atoms with van der Waals surface area (Å²) in [6.07, 6.45) is 0. The summed E-state index contributed by atoms with van der Waals surface area (Å²) >= 11 is 1.71. The summed E-state index contributed by atoms with van der Waals surface area (Å²) in [4.78, 5) is 23.5. The third-order valence-corrected chi connectivity index (χ3v) is 2.87. The van der Waals surface area contributed by atoms with Crippen LogP contribution < -0.4 is 0 Å². The first kappa shape index (κ1) is 12.8. The van der Waals surface area contributed by atoms with Gasteiger partial charge in [-0.1, -0.05) is 13.8 Å². The number of rotatable bonds is 4. The maximum Gasteiger partial charge on any atom is 0.379 e. The molecule has 0 heterocycles. The number of ether oxygens (including phenoxy) is 1. The van der Waals surface area contributed by atoms with Crippen LogP contribution in [-0.4, -0.2) is 24.1 Å². The number of hydrogen-bond donors (Lipinski definition) is 0.